The Bertz CT molecular complexity index is 803. The second-order valence-corrected chi connectivity index (χ2v) is 6.36. The minimum Gasteiger partial charge on any atom is -0.350 e. The van der Waals surface area contributed by atoms with E-state index in [2.05, 4.69) is 10.3 Å². The molecule has 2 saturated heterocycles. The first-order valence-corrected chi connectivity index (χ1v) is 8.24. The highest BCUT2D eigenvalue weighted by Gasteiger charge is 2.33. The Hall–Kier alpha value is -2.57. The number of carbonyl (C=O) groups is 2. The number of benzene rings is 1. The topological polar surface area (TPSA) is 68.4 Å². The van der Waals surface area contributed by atoms with Crippen LogP contribution < -0.4 is 5.32 Å². The molecule has 1 atom stereocenters. The van der Waals surface area contributed by atoms with E-state index in [4.69, 9.17) is 0 Å². The third-order valence-electron chi connectivity index (χ3n) is 4.86. The summed E-state index contributed by atoms with van der Waals surface area (Å²) in [5, 5.41) is 3.23. The van der Waals surface area contributed by atoms with Crippen molar-refractivity contribution in [1.29, 1.82) is 0 Å². The molecule has 1 aromatic heterocycles. The van der Waals surface area contributed by atoms with Gasteiger partial charge in [0.2, 0.25) is 0 Å². The lowest BCUT2D eigenvalue weighted by atomic mass is 10.0. The fraction of sp³-hybridized carbons (Fsp3) is 0.412. The average Bonchev–Trinajstić information content (AvgIpc) is 3.21. The number of nitrogens with zero attached hydrogens (tertiary/aromatic N) is 2. The zero-order chi connectivity index (χ0) is 16.7. The summed E-state index contributed by atoms with van der Waals surface area (Å²) in [6, 6.07) is 6.31. The van der Waals surface area contributed by atoms with Gasteiger partial charge in [0.1, 0.15) is 11.5 Å². The quantitative estimate of drug-likeness (QED) is 0.883. The van der Waals surface area contributed by atoms with Gasteiger partial charge in [0.25, 0.3) is 5.91 Å². The molecule has 7 heteroatoms. The van der Waals surface area contributed by atoms with Gasteiger partial charge in [-0.3, -0.25) is 4.79 Å². The van der Waals surface area contributed by atoms with Gasteiger partial charge in [-0.05, 0) is 31.0 Å². The van der Waals surface area contributed by atoms with Crippen LogP contribution in [0.25, 0.3) is 10.9 Å². The van der Waals surface area contributed by atoms with Gasteiger partial charge < -0.3 is 20.1 Å². The van der Waals surface area contributed by atoms with Crippen molar-refractivity contribution in [2.24, 2.45) is 0 Å². The summed E-state index contributed by atoms with van der Waals surface area (Å²) in [5.41, 5.74) is 1.01. The molecule has 2 aromatic rings. The van der Waals surface area contributed by atoms with Gasteiger partial charge >= 0.3 is 6.03 Å². The predicted octanol–water partition coefficient (Wildman–Crippen LogP) is 1.94. The third-order valence-corrected chi connectivity index (χ3v) is 4.86. The number of urea groups is 1. The van der Waals surface area contributed by atoms with Crippen LogP contribution in [0.15, 0.2) is 24.3 Å². The molecule has 0 spiro atoms. The van der Waals surface area contributed by atoms with Crippen molar-refractivity contribution < 1.29 is 14.0 Å². The molecular weight excluding hydrogens is 311 g/mol. The number of rotatable bonds is 2. The molecule has 0 saturated carbocycles. The van der Waals surface area contributed by atoms with E-state index >= 15 is 0 Å². The summed E-state index contributed by atoms with van der Waals surface area (Å²) >= 11 is 0. The number of halogens is 1. The van der Waals surface area contributed by atoms with E-state index in [1.807, 2.05) is 4.90 Å². The van der Waals surface area contributed by atoms with Crippen LogP contribution in [-0.2, 0) is 0 Å². The number of amides is 3. The van der Waals surface area contributed by atoms with E-state index in [0.717, 1.165) is 12.8 Å². The maximum Gasteiger partial charge on any atom is 0.317 e. The van der Waals surface area contributed by atoms with Gasteiger partial charge in [-0.1, -0.05) is 6.07 Å². The highest BCUT2D eigenvalue weighted by molar-refractivity contribution is 5.98. The van der Waals surface area contributed by atoms with E-state index < -0.39 is 0 Å². The van der Waals surface area contributed by atoms with Crippen molar-refractivity contribution in [2.75, 3.05) is 26.2 Å². The third kappa shape index (κ3) is 2.50. The number of nitrogens with one attached hydrogen (secondary N) is 2. The van der Waals surface area contributed by atoms with Crippen molar-refractivity contribution in [3.63, 3.8) is 0 Å². The van der Waals surface area contributed by atoms with Crippen molar-refractivity contribution in [1.82, 2.24) is 20.1 Å². The minimum absolute atomic E-state index is 0.0475. The monoisotopic (exact) mass is 330 g/mol. The SMILES string of the molecule is O=C(c1cc2c(F)cccc2[nH]1)N1CCC[C@H](N2CCNC2=O)C1. The van der Waals surface area contributed by atoms with Crippen LogP contribution in [-0.4, -0.2) is 58.9 Å². The number of hydrogen-bond donors (Lipinski definition) is 2. The molecule has 2 aliphatic heterocycles. The molecule has 3 heterocycles. The van der Waals surface area contributed by atoms with Crippen molar-refractivity contribution in [3.05, 3.63) is 35.8 Å². The summed E-state index contributed by atoms with van der Waals surface area (Å²) in [5.74, 6) is -0.483. The van der Waals surface area contributed by atoms with E-state index in [1.54, 1.807) is 23.1 Å². The highest BCUT2D eigenvalue weighted by atomic mass is 19.1. The Balaban J connectivity index is 1.54. The molecule has 2 aliphatic rings. The van der Waals surface area contributed by atoms with Crippen molar-refractivity contribution in [3.8, 4) is 0 Å². The Morgan fingerprint density at radius 1 is 1.29 bits per heavy atom. The zero-order valence-corrected chi connectivity index (χ0v) is 13.2. The predicted molar refractivity (Wildman–Crippen MR) is 87.3 cm³/mol. The molecule has 2 fully saturated rings. The number of carbonyl (C=O) groups excluding carboxylic acids is 2. The molecular formula is C17H19FN4O2. The number of piperidine rings is 1. The second-order valence-electron chi connectivity index (χ2n) is 6.36. The molecule has 3 amide bonds. The van der Waals surface area contributed by atoms with Crippen molar-refractivity contribution >= 4 is 22.8 Å². The van der Waals surface area contributed by atoms with E-state index in [1.165, 1.54) is 6.07 Å². The number of aromatic nitrogens is 1. The first-order chi connectivity index (χ1) is 11.6. The molecule has 1 aromatic carbocycles. The summed E-state index contributed by atoms with van der Waals surface area (Å²) in [4.78, 5) is 31.2. The van der Waals surface area contributed by atoms with E-state index in [-0.39, 0.29) is 23.8 Å². The molecule has 0 radical (unpaired) electrons. The first kappa shape index (κ1) is 15.0. The number of aromatic amines is 1. The number of fused-ring (bicyclic) bond motifs is 1. The minimum atomic E-state index is -0.340. The first-order valence-electron chi connectivity index (χ1n) is 8.24. The van der Waals surface area contributed by atoms with Crippen LogP contribution in [0, 0.1) is 5.82 Å². The number of likely N-dealkylation sites (tertiary alicyclic amines) is 1. The number of H-pyrrole nitrogens is 1. The Kier molecular flexibility index (Phi) is 3.63. The van der Waals surface area contributed by atoms with Crippen LogP contribution in [0.3, 0.4) is 0 Å². The molecule has 6 nitrogen and oxygen atoms in total. The molecule has 0 aliphatic carbocycles. The molecule has 2 N–H and O–H groups in total. The largest absolute Gasteiger partial charge is 0.350 e. The standard InChI is InChI=1S/C17H19FN4O2/c18-13-4-1-5-14-12(13)9-15(20-14)16(23)21-7-2-3-11(10-21)22-8-6-19-17(22)24/h1,4-5,9,11,20H,2-3,6-8,10H2,(H,19,24)/t11-/m0/s1. The zero-order valence-electron chi connectivity index (χ0n) is 13.2. The van der Waals surface area contributed by atoms with Gasteiger partial charge in [-0.2, -0.15) is 0 Å². The lowest BCUT2D eigenvalue weighted by Crippen LogP contribution is -2.50. The number of hydrogen-bond acceptors (Lipinski definition) is 2. The van der Waals surface area contributed by atoms with E-state index in [9.17, 15) is 14.0 Å². The Morgan fingerprint density at radius 3 is 2.92 bits per heavy atom. The van der Waals surface area contributed by atoms with Gasteiger partial charge in [0.15, 0.2) is 0 Å². The van der Waals surface area contributed by atoms with Crippen molar-refractivity contribution in [2.45, 2.75) is 18.9 Å². The van der Waals surface area contributed by atoms with Crippen LogP contribution in [0.4, 0.5) is 9.18 Å². The highest BCUT2D eigenvalue weighted by Crippen LogP contribution is 2.22. The second kappa shape index (κ2) is 5.81. The fourth-order valence-corrected chi connectivity index (χ4v) is 3.63. The lowest BCUT2D eigenvalue weighted by Gasteiger charge is -2.36. The average molecular weight is 330 g/mol. The summed E-state index contributed by atoms with van der Waals surface area (Å²) in [7, 11) is 0. The summed E-state index contributed by atoms with van der Waals surface area (Å²) in [6.45, 7) is 2.51. The molecule has 24 heavy (non-hydrogen) atoms. The van der Waals surface area contributed by atoms with Crippen LogP contribution >= 0.6 is 0 Å². The molecule has 126 valence electrons. The summed E-state index contributed by atoms with van der Waals surface area (Å²) < 4.78 is 13.8. The van der Waals surface area contributed by atoms with Crippen LogP contribution in [0.2, 0.25) is 0 Å². The van der Waals surface area contributed by atoms with Gasteiger partial charge in [0, 0.05) is 37.1 Å². The van der Waals surface area contributed by atoms with E-state index in [0.29, 0.717) is 42.8 Å². The lowest BCUT2D eigenvalue weighted by molar-refractivity contribution is 0.0629. The smallest absolute Gasteiger partial charge is 0.317 e. The fourth-order valence-electron chi connectivity index (χ4n) is 3.63. The van der Waals surface area contributed by atoms with Gasteiger partial charge in [-0.15, -0.1) is 0 Å². The van der Waals surface area contributed by atoms with Gasteiger partial charge in [0.05, 0.1) is 6.04 Å². The van der Waals surface area contributed by atoms with Crippen LogP contribution in [0.5, 0.6) is 0 Å². The Labute approximate surface area is 138 Å². The maximum atomic E-state index is 13.8. The molecule has 0 unspecified atom stereocenters. The Morgan fingerprint density at radius 2 is 2.17 bits per heavy atom. The molecule has 0 bridgehead atoms. The normalized spacial score (nSPS) is 21.4. The van der Waals surface area contributed by atoms with Crippen LogP contribution in [0.1, 0.15) is 23.3 Å². The maximum absolute atomic E-state index is 13.8. The summed E-state index contributed by atoms with van der Waals surface area (Å²) in [6.07, 6.45) is 1.76. The molecule has 4 rings (SSSR count). The van der Waals surface area contributed by atoms with Gasteiger partial charge in [-0.25, -0.2) is 9.18 Å².